The fourth-order valence-electron chi connectivity index (χ4n) is 2.54. The zero-order chi connectivity index (χ0) is 13.2. The number of benzene rings is 1. The highest BCUT2D eigenvalue weighted by Crippen LogP contribution is 2.47. The Hall–Kier alpha value is -1.55. The van der Waals surface area contributed by atoms with Gasteiger partial charge in [-0.05, 0) is 42.9 Å². The Bertz CT molecular complexity index is 426. The molecule has 0 heterocycles. The number of rotatable bonds is 5. The maximum absolute atomic E-state index is 12.1. The molecule has 0 bridgehead atoms. The lowest BCUT2D eigenvalue weighted by atomic mass is 9.77. The number of esters is 1. The number of anilines is 1. The number of hydrogen-bond acceptors (Lipinski definition) is 4. The molecule has 0 radical (unpaired) electrons. The van der Waals surface area contributed by atoms with Crippen LogP contribution in [0.25, 0.3) is 0 Å². The van der Waals surface area contributed by atoms with Crippen molar-refractivity contribution in [3.8, 4) is 0 Å². The molecule has 1 unspecified atom stereocenters. The minimum atomic E-state index is -0.565. The van der Waals surface area contributed by atoms with Crippen molar-refractivity contribution >= 4 is 11.7 Å². The lowest BCUT2D eigenvalue weighted by molar-refractivity contribution is -0.153. The average Bonchev–Trinajstić information content (AvgIpc) is 3.22. The molecule has 18 heavy (non-hydrogen) atoms. The largest absolute Gasteiger partial charge is 0.469 e. The zero-order valence-corrected chi connectivity index (χ0v) is 10.7. The van der Waals surface area contributed by atoms with Crippen LogP contribution in [0.15, 0.2) is 24.3 Å². The van der Waals surface area contributed by atoms with Crippen molar-refractivity contribution in [3.05, 3.63) is 29.8 Å². The predicted molar refractivity (Wildman–Crippen MR) is 70.8 cm³/mol. The number of carbonyl (C=O) groups is 1. The molecule has 1 aliphatic rings. The molecule has 1 aromatic rings. The molecule has 98 valence electrons. The molecular weight excluding hydrogens is 228 g/mol. The molecule has 0 spiro atoms. The molecule has 1 aliphatic carbocycles. The molecule has 1 aromatic carbocycles. The Morgan fingerprint density at radius 1 is 1.39 bits per heavy atom. The first-order valence-electron chi connectivity index (χ1n) is 6.25. The molecule has 0 aromatic heterocycles. The first-order chi connectivity index (χ1) is 8.62. The van der Waals surface area contributed by atoms with Crippen molar-refractivity contribution in [2.75, 3.05) is 19.4 Å². The maximum atomic E-state index is 12.1. The van der Waals surface area contributed by atoms with E-state index in [1.807, 2.05) is 24.3 Å². The van der Waals surface area contributed by atoms with Crippen molar-refractivity contribution in [1.29, 1.82) is 0 Å². The van der Waals surface area contributed by atoms with E-state index in [1.165, 1.54) is 7.11 Å². The highest BCUT2D eigenvalue weighted by Gasteiger charge is 2.50. The van der Waals surface area contributed by atoms with Crippen LogP contribution in [-0.2, 0) is 16.0 Å². The molecule has 1 saturated carbocycles. The molecular formula is C14H20N2O2. The summed E-state index contributed by atoms with van der Waals surface area (Å²) in [6, 6.07) is 7.59. The standard InChI is InChI=1S/C14H20N2O2/c1-18-13(17)14(9-15,11-4-5-11)8-10-2-6-12(16)7-3-10/h2-3,6-7,11H,4-5,8-9,15-16H2,1H3. The molecule has 4 N–H and O–H groups in total. The Labute approximate surface area is 107 Å². The summed E-state index contributed by atoms with van der Waals surface area (Å²) in [6.45, 7) is 0.328. The maximum Gasteiger partial charge on any atom is 0.313 e. The molecule has 0 aliphatic heterocycles. The van der Waals surface area contributed by atoms with Crippen LogP contribution < -0.4 is 11.5 Å². The second-order valence-electron chi connectivity index (χ2n) is 5.04. The third-order valence-electron chi connectivity index (χ3n) is 3.81. The molecule has 0 amide bonds. The van der Waals surface area contributed by atoms with E-state index in [-0.39, 0.29) is 5.97 Å². The first kappa shape index (κ1) is 12.9. The van der Waals surface area contributed by atoms with E-state index in [2.05, 4.69) is 0 Å². The van der Waals surface area contributed by atoms with Crippen molar-refractivity contribution < 1.29 is 9.53 Å². The number of carbonyl (C=O) groups excluding carboxylic acids is 1. The number of ether oxygens (including phenoxy) is 1. The minimum Gasteiger partial charge on any atom is -0.469 e. The summed E-state index contributed by atoms with van der Waals surface area (Å²) in [5.74, 6) is 0.164. The van der Waals surface area contributed by atoms with E-state index in [0.717, 1.165) is 24.1 Å². The summed E-state index contributed by atoms with van der Waals surface area (Å²) in [6.07, 6.45) is 2.74. The van der Waals surface area contributed by atoms with Gasteiger partial charge in [-0.25, -0.2) is 0 Å². The molecule has 1 atom stereocenters. The van der Waals surface area contributed by atoms with Crippen molar-refractivity contribution in [3.63, 3.8) is 0 Å². The van der Waals surface area contributed by atoms with Gasteiger partial charge in [0.1, 0.15) is 0 Å². The SMILES string of the molecule is COC(=O)C(CN)(Cc1ccc(N)cc1)C1CC1. The summed E-state index contributed by atoms with van der Waals surface area (Å²) in [4.78, 5) is 12.1. The van der Waals surface area contributed by atoms with Crippen LogP contribution in [-0.4, -0.2) is 19.6 Å². The van der Waals surface area contributed by atoms with Crippen LogP contribution in [0.3, 0.4) is 0 Å². The number of nitrogens with two attached hydrogens (primary N) is 2. The monoisotopic (exact) mass is 248 g/mol. The van der Waals surface area contributed by atoms with Crippen LogP contribution in [0.1, 0.15) is 18.4 Å². The van der Waals surface area contributed by atoms with Gasteiger partial charge in [-0.15, -0.1) is 0 Å². The van der Waals surface area contributed by atoms with Crippen molar-refractivity contribution in [2.45, 2.75) is 19.3 Å². The summed E-state index contributed by atoms with van der Waals surface area (Å²) in [7, 11) is 1.43. The van der Waals surface area contributed by atoms with Crippen LogP contribution >= 0.6 is 0 Å². The Balaban J connectivity index is 2.24. The predicted octanol–water partition coefficient (Wildman–Crippen LogP) is 1.34. The topological polar surface area (TPSA) is 78.3 Å². The fraction of sp³-hybridized carbons (Fsp3) is 0.500. The van der Waals surface area contributed by atoms with E-state index in [0.29, 0.717) is 18.9 Å². The second-order valence-corrected chi connectivity index (χ2v) is 5.04. The van der Waals surface area contributed by atoms with Crippen LogP contribution in [0, 0.1) is 11.3 Å². The van der Waals surface area contributed by atoms with Crippen LogP contribution in [0.5, 0.6) is 0 Å². The van der Waals surface area contributed by atoms with Gasteiger partial charge < -0.3 is 16.2 Å². The molecule has 0 saturated heterocycles. The van der Waals surface area contributed by atoms with Crippen LogP contribution in [0.2, 0.25) is 0 Å². The number of methoxy groups -OCH3 is 1. The van der Waals surface area contributed by atoms with Gasteiger partial charge >= 0.3 is 5.97 Å². The average molecular weight is 248 g/mol. The van der Waals surface area contributed by atoms with Gasteiger partial charge in [-0.2, -0.15) is 0 Å². The number of nitrogen functional groups attached to an aromatic ring is 1. The normalized spacial score (nSPS) is 18.1. The lowest BCUT2D eigenvalue weighted by Gasteiger charge is -2.29. The van der Waals surface area contributed by atoms with E-state index < -0.39 is 5.41 Å². The lowest BCUT2D eigenvalue weighted by Crippen LogP contribution is -2.43. The van der Waals surface area contributed by atoms with E-state index in [1.54, 1.807) is 0 Å². The van der Waals surface area contributed by atoms with Gasteiger partial charge in [0.25, 0.3) is 0 Å². The van der Waals surface area contributed by atoms with Gasteiger partial charge in [-0.3, -0.25) is 4.79 Å². The van der Waals surface area contributed by atoms with Gasteiger partial charge in [0.15, 0.2) is 0 Å². The van der Waals surface area contributed by atoms with Gasteiger partial charge in [0, 0.05) is 12.2 Å². The third kappa shape index (κ3) is 2.34. The van der Waals surface area contributed by atoms with E-state index in [4.69, 9.17) is 16.2 Å². The third-order valence-corrected chi connectivity index (χ3v) is 3.81. The zero-order valence-electron chi connectivity index (χ0n) is 10.7. The summed E-state index contributed by atoms with van der Waals surface area (Å²) >= 11 is 0. The van der Waals surface area contributed by atoms with Gasteiger partial charge in [0.2, 0.25) is 0 Å². The van der Waals surface area contributed by atoms with Gasteiger partial charge in [-0.1, -0.05) is 12.1 Å². The molecule has 2 rings (SSSR count). The van der Waals surface area contributed by atoms with Crippen molar-refractivity contribution in [2.24, 2.45) is 17.1 Å². The summed E-state index contributed by atoms with van der Waals surface area (Å²) in [5, 5.41) is 0. The van der Waals surface area contributed by atoms with Crippen molar-refractivity contribution in [1.82, 2.24) is 0 Å². The Morgan fingerprint density at radius 2 is 2.00 bits per heavy atom. The molecule has 1 fully saturated rings. The van der Waals surface area contributed by atoms with E-state index >= 15 is 0 Å². The highest BCUT2D eigenvalue weighted by molar-refractivity contribution is 5.78. The highest BCUT2D eigenvalue weighted by atomic mass is 16.5. The van der Waals surface area contributed by atoms with Gasteiger partial charge in [0.05, 0.1) is 12.5 Å². The minimum absolute atomic E-state index is 0.190. The smallest absolute Gasteiger partial charge is 0.313 e. The summed E-state index contributed by atoms with van der Waals surface area (Å²) < 4.78 is 4.96. The summed E-state index contributed by atoms with van der Waals surface area (Å²) in [5.41, 5.74) is 12.8. The van der Waals surface area contributed by atoms with E-state index in [9.17, 15) is 4.79 Å². The fourth-order valence-corrected chi connectivity index (χ4v) is 2.54. The molecule has 4 heteroatoms. The quantitative estimate of drug-likeness (QED) is 0.609. The Morgan fingerprint density at radius 3 is 2.44 bits per heavy atom. The number of hydrogen-bond donors (Lipinski definition) is 2. The molecule has 4 nitrogen and oxygen atoms in total. The van der Waals surface area contributed by atoms with Crippen LogP contribution in [0.4, 0.5) is 5.69 Å². The second kappa shape index (κ2) is 4.98. The Kier molecular flexibility index (Phi) is 3.57. The first-order valence-corrected chi connectivity index (χ1v) is 6.25.